The molecule has 0 unspecified atom stereocenters. The van der Waals surface area contributed by atoms with E-state index < -0.39 is 4.92 Å². The third-order valence-corrected chi connectivity index (χ3v) is 1.88. The Hall–Kier alpha value is -1.48. The van der Waals surface area contributed by atoms with Crippen LogP contribution in [0.25, 0.3) is 4.98 Å². The number of nitro groups is 1. The van der Waals surface area contributed by atoms with Gasteiger partial charge in [0.1, 0.15) is 4.47 Å². The maximum Gasteiger partial charge on any atom is 0.399 e. The topological polar surface area (TPSA) is 71.3 Å². The van der Waals surface area contributed by atoms with E-state index in [0.29, 0.717) is 4.47 Å². The van der Waals surface area contributed by atoms with Gasteiger partial charge in [-0.3, -0.25) is 10.1 Å². The number of halogens is 1. The van der Waals surface area contributed by atoms with Gasteiger partial charge in [-0.05, 0) is 15.9 Å². The molecule has 6 heteroatoms. The second-order valence-corrected chi connectivity index (χ2v) is 2.85. The summed E-state index contributed by atoms with van der Waals surface area (Å²) >= 11 is 3.02. The van der Waals surface area contributed by atoms with E-state index in [9.17, 15) is 10.1 Å². The average Bonchev–Trinajstić information content (AvgIpc) is 2.04. The van der Waals surface area contributed by atoms with Crippen molar-refractivity contribution in [2.75, 3.05) is 0 Å². The van der Waals surface area contributed by atoms with E-state index in [4.69, 9.17) is 5.39 Å². The average molecular weight is 229 g/mol. The van der Waals surface area contributed by atoms with Crippen LogP contribution >= 0.6 is 15.9 Å². The monoisotopic (exact) mass is 228 g/mol. The van der Waals surface area contributed by atoms with Gasteiger partial charge in [0.2, 0.25) is 5.39 Å². The first-order chi connectivity index (χ1) is 5.65. The Morgan fingerprint density at radius 1 is 1.58 bits per heavy atom. The molecular formula is C6H3BrN3O2+. The summed E-state index contributed by atoms with van der Waals surface area (Å²) in [5, 5.41) is 18.6. The van der Waals surface area contributed by atoms with Gasteiger partial charge in [0.05, 0.1) is 4.92 Å². The molecule has 5 nitrogen and oxygen atoms in total. The fourth-order valence-electron chi connectivity index (χ4n) is 0.690. The zero-order valence-electron chi connectivity index (χ0n) is 5.77. The van der Waals surface area contributed by atoms with E-state index in [1.807, 2.05) is 0 Å². The zero-order valence-corrected chi connectivity index (χ0v) is 7.35. The molecule has 12 heavy (non-hydrogen) atoms. The van der Waals surface area contributed by atoms with Crippen molar-refractivity contribution in [1.29, 1.82) is 5.39 Å². The number of non-ortho nitro benzene ring substituents is 1. The number of diazo groups is 1. The Balaban J connectivity index is 3.21. The Morgan fingerprint density at radius 2 is 2.25 bits per heavy atom. The van der Waals surface area contributed by atoms with Gasteiger partial charge in [-0.1, -0.05) is 0 Å². The van der Waals surface area contributed by atoms with Crippen LogP contribution in [0.5, 0.6) is 0 Å². The maximum absolute atomic E-state index is 10.2. The second kappa shape index (κ2) is 3.28. The standard InChI is InChI=1S/C6H3BrN3O2/c7-5-3-4(10(11)12)1-2-6(5)9-8/h1-3H/q+1. The second-order valence-electron chi connectivity index (χ2n) is 1.99. The van der Waals surface area contributed by atoms with Crippen LogP contribution in [0.2, 0.25) is 0 Å². The van der Waals surface area contributed by atoms with E-state index in [1.165, 1.54) is 18.2 Å². The Labute approximate surface area is 75.9 Å². The molecule has 0 saturated heterocycles. The molecule has 0 radical (unpaired) electrons. The molecule has 0 aromatic heterocycles. The van der Waals surface area contributed by atoms with Crippen LogP contribution in [0.3, 0.4) is 0 Å². The maximum atomic E-state index is 10.2. The summed E-state index contributed by atoms with van der Waals surface area (Å²) in [6.07, 6.45) is 0. The fourth-order valence-corrected chi connectivity index (χ4v) is 1.14. The summed E-state index contributed by atoms with van der Waals surface area (Å²) in [7, 11) is 0. The van der Waals surface area contributed by atoms with E-state index in [1.54, 1.807) is 0 Å². The van der Waals surface area contributed by atoms with Crippen molar-refractivity contribution in [2.24, 2.45) is 0 Å². The third-order valence-electron chi connectivity index (χ3n) is 1.25. The molecule has 1 aromatic rings. The summed E-state index contributed by atoms with van der Waals surface area (Å²) in [6, 6.07) is 3.89. The molecule has 0 aliphatic heterocycles. The van der Waals surface area contributed by atoms with Crippen LogP contribution in [0.4, 0.5) is 11.4 Å². The third kappa shape index (κ3) is 1.57. The zero-order chi connectivity index (χ0) is 9.14. The number of hydrogen-bond donors (Lipinski definition) is 0. The number of nitrogens with zero attached hydrogens (tertiary/aromatic N) is 3. The molecule has 0 saturated carbocycles. The van der Waals surface area contributed by atoms with E-state index in [0.717, 1.165) is 0 Å². The van der Waals surface area contributed by atoms with Gasteiger partial charge in [-0.15, -0.1) is 0 Å². The lowest BCUT2D eigenvalue weighted by molar-refractivity contribution is -0.384. The molecule has 0 bridgehead atoms. The molecule has 0 spiro atoms. The Kier molecular flexibility index (Phi) is 2.35. The molecule has 0 fully saturated rings. The lowest BCUT2D eigenvalue weighted by Crippen LogP contribution is -1.86. The molecule has 0 N–H and O–H groups in total. The van der Waals surface area contributed by atoms with Gasteiger partial charge < -0.3 is 0 Å². The predicted molar refractivity (Wildman–Crippen MR) is 45.5 cm³/mol. The highest BCUT2D eigenvalue weighted by Crippen LogP contribution is 2.28. The van der Waals surface area contributed by atoms with Crippen LogP contribution < -0.4 is 0 Å². The van der Waals surface area contributed by atoms with Gasteiger partial charge >= 0.3 is 5.69 Å². The molecule has 0 aliphatic carbocycles. The largest absolute Gasteiger partial charge is 0.399 e. The highest BCUT2D eigenvalue weighted by Gasteiger charge is 2.15. The summed E-state index contributed by atoms with van der Waals surface area (Å²) in [5.41, 5.74) is 0.217. The fraction of sp³-hybridized carbons (Fsp3) is 0. The first kappa shape index (κ1) is 8.62. The summed E-state index contributed by atoms with van der Waals surface area (Å²) in [5.74, 6) is 0. The quantitative estimate of drug-likeness (QED) is 0.422. The smallest absolute Gasteiger partial charge is 0.258 e. The van der Waals surface area contributed by atoms with Crippen molar-refractivity contribution in [1.82, 2.24) is 0 Å². The minimum atomic E-state index is -0.522. The summed E-state index contributed by atoms with van der Waals surface area (Å²) < 4.78 is 0.388. The van der Waals surface area contributed by atoms with Crippen molar-refractivity contribution >= 4 is 27.3 Å². The Morgan fingerprint density at radius 3 is 2.67 bits per heavy atom. The van der Waals surface area contributed by atoms with Crippen molar-refractivity contribution in [3.05, 3.63) is 37.8 Å². The van der Waals surface area contributed by atoms with Crippen LogP contribution in [0.15, 0.2) is 22.7 Å². The molecular weight excluding hydrogens is 226 g/mol. The lowest BCUT2D eigenvalue weighted by Gasteiger charge is -1.88. The minimum absolute atomic E-state index is 0.0470. The highest BCUT2D eigenvalue weighted by molar-refractivity contribution is 9.10. The summed E-state index contributed by atoms with van der Waals surface area (Å²) in [4.78, 5) is 12.6. The number of nitro benzene ring substituents is 1. The highest BCUT2D eigenvalue weighted by atomic mass is 79.9. The number of hydrogen-bond acceptors (Lipinski definition) is 3. The van der Waals surface area contributed by atoms with Gasteiger partial charge in [-0.2, -0.15) is 0 Å². The van der Waals surface area contributed by atoms with E-state index in [2.05, 4.69) is 20.9 Å². The van der Waals surface area contributed by atoms with Gasteiger partial charge in [-0.25, -0.2) is 0 Å². The van der Waals surface area contributed by atoms with Crippen molar-refractivity contribution in [3.8, 4) is 0 Å². The minimum Gasteiger partial charge on any atom is -0.258 e. The molecule has 0 aliphatic rings. The van der Waals surface area contributed by atoms with E-state index >= 15 is 0 Å². The summed E-state index contributed by atoms with van der Waals surface area (Å²) in [6.45, 7) is 0. The SMILES string of the molecule is N#[N+]c1ccc([N+](=O)[O-])cc1Br. The van der Waals surface area contributed by atoms with Gasteiger partial charge in [0.25, 0.3) is 5.69 Å². The number of benzene rings is 1. The lowest BCUT2D eigenvalue weighted by atomic mass is 10.3. The first-order valence-electron chi connectivity index (χ1n) is 2.94. The number of rotatable bonds is 1. The molecule has 0 heterocycles. The molecule has 0 amide bonds. The van der Waals surface area contributed by atoms with Crippen molar-refractivity contribution in [3.63, 3.8) is 0 Å². The molecule has 1 aromatic carbocycles. The van der Waals surface area contributed by atoms with Crippen LogP contribution in [-0.2, 0) is 0 Å². The van der Waals surface area contributed by atoms with Crippen LogP contribution in [0, 0.1) is 15.5 Å². The van der Waals surface area contributed by atoms with Gasteiger partial charge in [0, 0.05) is 18.2 Å². The predicted octanol–water partition coefficient (Wildman–Crippen LogP) is 2.84. The Bertz CT molecular complexity index is 372. The van der Waals surface area contributed by atoms with Crippen molar-refractivity contribution < 1.29 is 4.92 Å². The van der Waals surface area contributed by atoms with Crippen LogP contribution in [0.1, 0.15) is 0 Å². The molecule has 0 atom stereocenters. The van der Waals surface area contributed by atoms with Crippen LogP contribution in [-0.4, -0.2) is 4.92 Å². The first-order valence-corrected chi connectivity index (χ1v) is 3.73. The van der Waals surface area contributed by atoms with Gasteiger partial charge in [0.15, 0.2) is 4.98 Å². The molecule has 1 rings (SSSR count). The van der Waals surface area contributed by atoms with Crippen molar-refractivity contribution in [2.45, 2.75) is 0 Å². The van der Waals surface area contributed by atoms with E-state index in [-0.39, 0.29) is 11.4 Å². The normalized spacial score (nSPS) is 9.00. The molecule has 60 valence electrons.